The lowest BCUT2D eigenvalue weighted by Crippen LogP contribution is -1.99. The molecule has 0 atom stereocenters. The van der Waals surface area contributed by atoms with Crippen molar-refractivity contribution in [1.82, 2.24) is 0 Å². The molecule has 0 spiro atoms. The Labute approximate surface area is 134 Å². The van der Waals surface area contributed by atoms with Crippen LogP contribution >= 0.6 is 0 Å². The molecule has 0 amide bonds. The zero-order valence-corrected chi connectivity index (χ0v) is 13.4. The fraction of sp³-hybridized carbons (Fsp3) is 0.368. The lowest BCUT2D eigenvalue weighted by molar-refractivity contribution is 0.488. The van der Waals surface area contributed by atoms with Crippen molar-refractivity contribution < 1.29 is 17.6 Å². The normalized spacial score (nSPS) is 11.0. The van der Waals surface area contributed by atoms with Crippen LogP contribution in [-0.2, 0) is 6.42 Å². The molecule has 0 aromatic heterocycles. The van der Waals surface area contributed by atoms with Gasteiger partial charge in [-0.05, 0) is 37.5 Å². The van der Waals surface area contributed by atoms with Gasteiger partial charge in [-0.25, -0.2) is 17.6 Å². The Morgan fingerprint density at radius 3 is 2.17 bits per heavy atom. The van der Waals surface area contributed by atoms with Crippen LogP contribution in [0.1, 0.15) is 43.7 Å². The summed E-state index contributed by atoms with van der Waals surface area (Å²) in [7, 11) is 0. The maximum absolute atomic E-state index is 14.2. The second-order valence-corrected chi connectivity index (χ2v) is 5.78. The molecule has 0 heterocycles. The first kappa shape index (κ1) is 17.5. The smallest absolute Gasteiger partial charge is 0.167 e. The molecule has 0 saturated carbocycles. The highest BCUT2D eigenvalue weighted by Crippen LogP contribution is 2.30. The Morgan fingerprint density at radius 2 is 1.52 bits per heavy atom. The van der Waals surface area contributed by atoms with Crippen LogP contribution < -0.4 is 0 Å². The maximum atomic E-state index is 14.2. The third-order valence-electron chi connectivity index (χ3n) is 4.03. The van der Waals surface area contributed by atoms with Crippen molar-refractivity contribution >= 4 is 0 Å². The van der Waals surface area contributed by atoms with E-state index < -0.39 is 28.8 Å². The molecule has 2 aromatic rings. The molecule has 0 fully saturated rings. The topological polar surface area (TPSA) is 0 Å². The first-order valence-corrected chi connectivity index (χ1v) is 7.88. The lowest BCUT2D eigenvalue weighted by Gasteiger charge is -2.10. The first-order chi connectivity index (χ1) is 11.0. The molecule has 0 bridgehead atoms. The van der Waals surface area contributed by atoms with Crippen LogP contribution in [0.25, 0.3) is 11.1 Å². The molecule has 0 N–H and O–H groups in total. The average Bonchev–Trinajstić information content (AvgIpc) is 2.53. The summed E-state index contributed by atoms with van der Waals surface area (Å²) in [6, 6.07) is 5.22. The van der Waals surface area contributed by atoms with Crippen LogP contribution in [0.3, 0.4) is 0 Å². The van der Waals surface area contributed by atoms with Crippen LogP contribution in [0.15, 0.2) is 24.3 Å². The standard InChI is InChI=1S/C19H20F4/c1-3-4-5-6-7-13-8-9-14(17(21)10-13)15-11-16(20)12(2)18(22)19(15)23/h8-11H,3-7H2,1-2H3. The number of rotatable bonds is 6. The van der Waals surface area contributed by atoms with Crippen molar-refractivity contribution in [3.63, 3.8) is 0 Å². The molecule has 23 heavy (non-hydrogen) atoms. The number of benzene rings is 2. The van der Waals surface area contributed by atoms with E-state index in [-0.39, 0.29) is 11.1 Å². The molecular formula is C19H20F4. The minimum atomic E-state index is -1.27. The van der Waals surface area contributed by atoms with Crippen LogP contribution in [0.2, 0.25) is 0 Å². The largest absolute Gasteiger partial charge is 0.207 e. The number of halogens is 4. The summed E-state index contributed by atoms with van der Waals surface area (Å²) in [6.07, 6.45) is 5.01. The summed E-state index contributed by atoms with van der Waals surface area (Å²) in [5, 5.41) is 0. The number of hydrogen-bond donors (Lipinski definition) is 0. The molecule has 4 heteroatoms. The van der Waals surface area contributed by atoms with Gasteiger partial charge in [-0.2, -0.15) is 0 Å². The average molecular weight is 324 g/mol. The van der Waals surface area contributed by atoms with E-state index in [4.69, 9.17) is 0 Å². The monoisotopic (exact) mass is 324 g/mol. The van der Waals surface area contributed by atoms with Gasteiger partial charge in [0, 0.05) is 16.7 Å². The Morgan fingerprint density at radius 1 is 0.783 bits per heavy atom. The van der Waals surface area contributed by atoms with E-state index >= 15 is 0 Å². The quantitative estimate of drug-likeness (QED) is 0.330. The Balaban J connectivity index is 2.28. The molecule has 0 unspecified atom stereocenters. The maximum Gasteiger partial charge on any atom is 0.167 e. The van der Waals surface area contributed by atoms with E-state index in [0.717, 1.165) is 50.7 Å². The van der Waals surface area contributed by atoms with Crippen LogP contribution in [0.4, 0.5) is 17.6 Å². The van der Waals surface area contributed by atoms with Crippen molar-refractivity contribution in [2.75, 3.05) is 0 Å². The molecule has 0 aliphatic heterocycles. The molecule has 0 saturated heterocycles. The molecule has 2 aromatic carbocycles. The van der Waals surface area contributed by atoms with E-state index in [1.807, 2.05) is 0 Å². The zero-order chi connectivity index (χ0) is 17.0. The Hall–Kier alpha value is -1.84. The predicted octanol–water partition coefficient (Wildman–Crippen LogP) is 6.34. The van der Waals surface area contributed by atoms with Gasteiger partial charge in [0.15, 0.2) is 11.6 Å². The molecule has 124 valence electrons. The molecule has 2 rings (SSSR count). The number of hydrogen-bond acceptors (Lipinski definition) is 0. The summed E-state index contributed by atoms with van der Waals surface area (Å²) in [6.45, 7) is 3.26. The van der Waals surface area contributed by atoms with Gasteiger partial charge in [-0.1, -0.05) is 38.3 Å². The van der Waals surface area contributed by atoms with Crippen molar-refractivity contribution in [2.45, 2.75) is 46.0 Å². The molecule has 0 aliphatic rings. The van der Waals surface area contributed by atoms with Gasteiger partial charge in [0.25, 0.3) is 0 Å². The van der Waals surface area contributed by atoms with E-state index in [9.17, 15) is 17.6 Å². The summed E-state index contributed by atoms with van der Waals surface area (Å²) in [5.41, 5.74) is -0.117. The van der Waals surface area contributed by atoms with Crippen molar-refractivity contribution in [1.29, 1.82) is 0 Å². The highest BCUT2D eigenvalue weighted by atomic mass is 19.2. The summed E-state index contributed by atoms with van der Waals surface area (Å²) < 4.78 is 55.5. The van der Waals surface area contributed by atoms with Crippen molar-refractivity contribution in [2.24, 2.45) is 0 Å². The highest BCUT2D eigenvalue weighted by Gasteiger charge is 2.19. The van der Waals surface area contributed by atoms with Gasteiger partial charge in [0.05, 0.1) is 0 Å². The molecule has 0 radical (unpaired) electrons. The second-order valence-electron chi connectivity index (χ2n) is 5.78. The van der Waals surface area contributed by atoms with Crippen LogP contribution in [0.5, 0.6) is 0 Å². The van der Waals surface area contributed by atoms with Gasteiger partial charge in [-0.3, -0.25) is 0 Å². The van der Waals surface area contributed by atoms with E-state index in [2.05, 4.69) is 6.92 Å². The molecule has 0 aliphatic carbocycles. The van der Waals surface area contributed by atoms with Crippen LogP contribution in [0, 0.1) is 30.2 Å². The third kappa shape index (κ3) is 3.92. The zero-order valence-electron chi connectivity index (χ0n) is 13.4. The summed E-state index contributed by atoms with van der Waals surface area (Å²) in [4.78, 5) is 0. The Bertz CT molecular complexity index is 692. The van der Waals surface area contributed by atoms with Crippen LogP contribution in [-0.4, -0.2) is 0 Å². The predicted molar refractivity (Wildman–Crippen MR) is 84.3 cm³/mol. The van der Waals surface area contributed by atoms with Gasteiger partial charge < -0.3 is 0 Å². The Kier molecular flexibility index (Phi) is 5.80. The van der Waals surface area contributed by atoms with E-state index in [0.29, 0.717) is 0 Å². The van der Waals surface area contributed by atoms with Gasteiger partial charge in [0.1, 0.15) is 11.6 Å². The number of aryl methyl sites for hydroxylation is 1. The number of unbranched alkanes of at least 4 members (excludes halogenated alkanes) is 3. The molecule has 0 nitrogen and oxygen atoms in total. The van der Waals surface area contributed by atoms with Crippen molar-refractivity contribution in [3.8, 4) is 11.1 Å². The fourth-order valence-corrected chi connectivity index (χ4v) is 2.57. The minimum Gasteiger partial charge on any atom is -0.207 e. The van der Waals surface area contributed by atoms with E-state index in [1.54, 1.807) is 6.07 Å². The SMILES string of the molecule is CCCCCCc1ccc(-c2cc(F)c(C)c(F)c2F)c(F)c1. The van der Waals surface area contributed by atoms with Gasteiger partial charge in [0.2, 0.25) is 0 Å². The first-order valence-electron chi connectivity index (χ1n) is 7.88. The van der Waals surface area contributed by atoms with Gasteiger partial charge in [-0.15, -0.1) is 0 Å². The second kappa shape index (κ2) is 7.62. The summed E-state index contributed by atoms with van der Waals surface area (Å²) in [5.74, 6) is -4.05. The van der Waals surface area contributed by atoms with E-state index in [1.165, 1.54) is 12.1 Å². The summed E-state index contributed by atoms with van der Waals surface area (Å²) >= 11 is 0. The van der Waals surface area contributed by atoms with Crippen molar-refractivity contribution in [3.05, 3.63) is 58.7 Å². The third-order valence-corrected chi connectivity index (χ3v) is 4.03. The minimum absolute atomic E-state index is 0.127. The molecular weight excluding hydrogens is 304 g/mol. The fourth-order valence-electron chi connectivity index (χ4n) is 2.57. The highest BCUT2D eigenvalue weighted by molar-refractivity contribution is 5.66. The van der Waals surface area contributed by atoms with Gasteiger partial charge >= 0.3 is 0 Å². The lowest BCUT2D eigenvalue weighted by atomic mass is 9.98.